The fraction of sp³-hybridized carbons (Fsp3) is 0.0556. The molecule has 112 valence electrons. The molecule has 0 aliphatic carbocycles. The van der Waals surface area contributed by atoms with Crippen LogP contribution in [-0.4, -0.2) is 15.0 Å². The molecule has 0 spiro atoms. The Morgan fingerprint density at radius 1 is 0.913 bits per heavy atom. The van der Waals surface area contributed by atoms with Crippen molar-refractivity contribution < 1.29 is 4.42 Å². The molecule has 0 unspecified atom stereocenters. The first kappa shape index (κ1) is 14.0. The lowest BCUT2D eigenvalue weighted by atomic mass is 10.2. The van der Waals surface area contributed by atoms with Crippen molar-refractivity contribution >= 4 is 22.7 Å². The van der Waals surface area contributed by atoms with Crippen LogP contribution >= 0.6 is 11.8 Å². The molecule has 0 aliphatic rings. The lowest BCUT2D eigenvalue weighted by Crippen LogP contribution is -1.94. The normalized spacial score (nSPS) is 11.0. The molecule has 5 heteroatoms. The lowest BCUT2D eigenvalue weighted by Gasteiger charge is -2.07. The van der Waals surface area contributed by atoms with E-state index >= 15 is 0 Å². The van der Waals surface area contributed by atoms with Crippen molar-refractivity contribution in [1.29, 1.82) is 0 Å². The van der Waals surface area contributed by atoms with Crippen LogP contribution in [0.5, 0.6) is 0 Å². The third-order valence-corrected chi connectivity index (χ3v) is 4.42. The highest BCUT2D eigenvalue weighted by Gasteiger charge is 2.11. The Morgan fingerprint density at radius 2 is 1.83 bits per heavy atom. The van der Waals surface area contributed by atoms with E-state index in [0.717, 1.165) is 27.4 Å². The zero-order valence-electron chi connectivity index (χ0n) is 12.2. The summed E-state index contributed by atoms with van der Waals surface area (Å²) in [7, 11) is 0. The van der Waals surface area contributed by atoms with Crippen LogP contribution in [0.2, 0.25) is 0 Å². The molecule has 4 rings (SSSR count). The van der Waals surface area contributed by atoms with Crippen LogP contribution in [0.1, 0.15) is 5.69 Å². The molecule has 3 aromatic heterocycles. The first-order valence-electron chi connectivity index (χ1n) is 7.23. The van der Waals surface area contributed by atoms with Gasteiger partial charge in [0.15, 0.2) is 11.6 Å². The van der Waals surface area contributed by atoms with E-state index < -0.39 is 0 Å². The number of fused-ring (bicyclic) bond motifs is 1. The Balaban J connectivity index is 1.74. The quantitative estimate of drug-likeness (QED) is 0.407. The Labute approximate surface area is 137 Å². The molecule has 0 bridgehead atoms. The Morgan fingerprint density at radius 3 is 2.65 bits per heavy atom. The number of para-hydroxylation sites is 1. The summed E-state index contributed by atoms with van der Waals surface area (Å²) >= 11 is 1.66. The minimum Gasteiger partial charge on any atom is -0.461 e. The van der Waals surface area contributed by atoms with Crippen LogP contribution in [0.3, 0.4) is 0 Å². The predicted octanol–water partition coefficient (Wildman–Crippen LogP) is 4.58. The van der Waals surface area contributed by atoms with E-state index in [9.17, 15) is 0 Å². The van der Waals surface area contributed by atoms with Gasteiger partial charge in [0.1, 0.15) is 5.03 Å². The highest BCUT2D eigenvalue weighted by molar-refractivity contribution is 7.98. The van der Waals surface area contributed by atoms with Gasteiger partial charge in [-0.15, -0.1) is 0 Å². The van der Waals surface area contributed by atoms with Gasteiger partial charge in [-0.25, -0.2) is 9.97 Å². The maximum atomic E-state index is 5.44. The van der Waals surface area contributed by atoms with Crippen LogP contribution in [-0.2, 0) is 5.75 Å². The zero-order chi connectivity index (χ0) is 15.5. The van der Waals surface area contributed by atoms with Crippen molar-refractivity contribution in [1.82, 2.24) is 15.0 Å². The van der Waals surface area contributed by atoms with Crippen molar-refractivity contribution in [3.05, 3.63) is 72.8 Å². The number of nitrogens with zero attached hydrogens (tertiary/aromatic N) is 3. The number of hydrogen-bond acceptors (Lipinski definition) is 5. The van der Waals surface area contributed by atoms with Crippen LogP contribution < -0.4 is 0 Å². The smallest absolute Gasteiger partial charge is 0.197 e. The molecule has 4 nitrogen and oxygen atoms in total. The van der Waals surface area contributed by atoms with Crippen LogP contribution in [0.25, 0.3) is 22.5 Å². The van der Waals surface area contributed by atoms with Crippen LogP contribution in [0, 0.1) is 0 Å². The van der Waals surface area contributed by atoms with Crippen molar-refractivity contribution in [3.8, 4) is 11.6 Å². The average Bonchev–Trinajstić information content (AvgIpc) is 3.15. The SMILES string of the molecule is c1ccc(CSc2nc(-c3ccco3)nc3ccccc23)nc1. The third kappa shape index (κ3) is 2.96. The molecule has 23 heavy (non-hydrogen) atoms. The van der Waals surface area contributed by atoms with Crippen molar-refractivity contribution in [2.24, 2.45) is 0 Å². The fourth-order valence-corrected chi connectivity index (χ4v) is 3.23. The lowest BCUT2D eigenvalue weighted by molar-refractivity contribution is 0.577. The van der Waals surface area contributed by atoms with Gasteiger partial charge in [-0.05, 0) is 30.3 Å². The van der Waals surface area contributed by atoms with E-state index in [4.69, 9.17) is 4.42 Å². The van der Waals surface area contributed by atoms with Crippen LogP contribution in [0.4, 0.5) is 0 Å². The van der Waals surface area contributed by atoms with Gasteiger partial charge in [-0.2, -0.15) is 0 Å². The number of hydrogen-bond donors (Lipinski definition) is 0. The highest BCUT2D eigenvalue weighted by Crippen LogP contribution is 2.30. The minimum atomic E-state index is 0.609. The largest absolute Gasteiger partial charge is 0.461 e. The predicted molar refractivity (Wildman–Crippen MR) is 91.0 cm³/mol. The van der Waals surface area contributed by atoms with Crippen molar-refractivity contribution in [2.45, 2.75) is 10.8 Å². The number of furan rings is 1. The monoisotopic (exact) mass is 319 g/mol. The molecule has 0 N–H and O–H groups in total. The second-order valence-corrected chi connectivity index (χ2v) is 5.92. The Kier molecular flexibility index (Phi) is 3.78. The topological polar surface area (TPSA) is 51.8 Å². The summed E-state index contributed by atoms with van der Waals surface area (Å²) in [5.41, 5.74) is 1.94. The van der Waals surface area contributed by atoms with Gasteiger partial charge in [0.25, 0.3) is 0 Å². The van der Waals surface area contributed by atoms with E-state index in [1.54, 1.807) is 18.0 Å². The summed E-state index contributed by atoms with van der Waals surface area (Å²) in [6, 6.07) is 17.7. The molecule has 3 heterocycles. The zero-order valence-corrected chi connectivity index (χ0v) is 13.0. The maximum Gasteiger partial charge on any atom is 0.197 e. The van der Waals surface area contributed by atoms with Crippen molar-refractivity contribution in [2.75, 3.05) is 0 Å². The van der Waals surface area contributed by atoms with Gasteiger partial charge in [0, 0.05) is 17.3 Å². The summed E-state index contributed by atoms with van der Waals surface area (Å²) in [6.45, 7) is 0. The Hall–Kier alpha value is -2.66. The summed E-state index contributed by atoms with van der Waals surface area (Å²) in [5.74, 6) is 2.05. The summed E-state index contributed by atoms with van der Waals surface area (Å²) in [4.78, 5) is 13.7. The standard InChI is InChI=1S/C18H13N3OS/c1-2-8-15-14(7-1)18(23-12-13-6-3-4-10-19-13)21-17(20-15)16-9-5-11-22-16/h1-11H,12H2. The number of rotatable bonds is 4. The van der Waals surface area contributed by atoms with Gasteiger partial charge < -0.3 is 4.42 Å². The van der Waals surface area contributed by atoms with E-state index in [0.29, 0.717) is 11.6 Å². The van der Waals surface area contributed by atoms with Crippen molar-refractivity contribution in [3.63, 3.8) is 0 Å². The fourth-order valence-electron chi connectivity index (χ4n) is 2.30. The molecule has 0 fully saturated rings. The van der Waals surface area contributed by atoms with E-state index in [2.05, 4.69) is 15.0 Å². The Bertz CT molecular complexity index is 924. The number of benzene rings is 1. The van der Waals surface area contributed by atoms with Gasteiger partial charge >= 0.3 is 0 Å². The number of pyridine rings is 1. The molecule has 1 aromatic carbocycles. The third-order valence-electron chi connectivity index (χ3n) is 3.39. The number of thioether (sulfide) groups is 1. The second-order valence-electron chi connectivity index (χ2n) is 4.96. The molecule has 0 atom stereocenters. The van der Waals surface area contributed by atoms with E-state index in [1.807, 2.05) is 60.8 Å². The van der Waals surface area contributed by atoms with Crippen LogP contribution in [0.15, 0.2) is 76.5 Å². The summed E-state index contributed by atoms with van der Waals surface area (Å²) < 4.78 is 5.44. The highest BCUT2D eigenvalue weighted by atomic mass is 32.2. The first-order chi connectivity index (χ1) is 11.4. The van der Waals surface area contributed by atoms with Gasteiger partial charge in [0.2, 0.25) is 0 Å². The van der Waals surface area contributed by atoms with E-state index in [1.165, 1.54) is 0 Å². The minimum absolute atomic E-state index is 0.609. The molecule has 4 aromatic rings. The van der Waals surface area contributed by atoms with E-state index in [-0.39, 0.29) is 0 Å². The average molecular weight is 319 g/mol. The van der Waals surface area contributed by atoms with Gasteiger partial charge in [-0.3, -0.25) is 4.98 Å². The molecule has 0 aliphatic heterocycles. The summed E-state index contributed by atoms with van der Waals surface area (Å²) in [5, 5.41) is 1.98. The molecular formula is C18H13N3OS. The molecule has 0 saturated heterocycles. The maximum absolute atomic E-state index is 5.44. The molecule has 0 radical (unpaired) electrons. The van der Waals surface area contributed by atoms with Gasteiger partial charge in [0.05, 0.1) is 17.5 Å². The van der Waals surface area contributed by atoms with Gasteiger partial charge in [-0.1, -0.05) is 36.0 Å². The summed E-state index contributed by atoms with van der Waals surface area (Å²) in [6.07, 6.45) is 3.44. The molecular weight excluding hydrogens is 306 g/mol. The molecule has 0 amide bonds. The first-order valence-corrected chi connectivity index (χ1v) is 8.22. The second kappa shape index (κ2) is 6.22. The number of aromatic nitrogens is 3. The molecule has 0 saturated carbocycles.